The van der Waals surface area contributed by atoms with Crippen molar-refractivity contribution < 1.29 is 4.74 Å². The highest BCUT2D eigenvalue weighted by molar-refractivity contribution is 7.17. The van der Waals surface area contributed by atoms with Gasteiger partial charge in [0.1, 0.15) is 12.4 Å². The number of ether oxygens (including phenoxy) is 1. The third kappa shape index (κ3) is 3.20. The molecule has 0 saturated heterocycles. The van der Waals surface area contributed by atoms with Gasteiger partial charge in [0.15, 0.2) is 5.90 Å². The lowest BCUT2D eigenvalue weighted by Gasteiger charge is -1.98. The van der Waals surface area contributed by atoms with E-state index < -0.39 is 0 Å². The summed E-state index contributed by atoms with van der Waals surface area (Å²) in [6, 6.07) is 0. The van der Waals surface area contributed by atoms with Crippen molar-refractivity contribution in [2.45, 2.75) is 38.4 Å². The summed E-state index contributed by atoms with van der Waals surface area (Å²) < 4.78 is 5.34. The standard InChI is InChI=1S/C8H16NOP/c1-2-3-4-5-7-9-8(11)6-10-7/h8H,2-6,11H2,1H3. The van der Waals surface area contributed by atoms with E-state index in [0.29, 0.717) is 5.78 Å². The Bertz CT molecular complexity index is 147. The van der Waals surface area contributed by atoms with Gasteiger partial charge in [0.05, 0.1) is 0 Å². The van der Waals surface area contributed by atoms with Crippen LogP contribution in [0.25, 0.3) is 0 Å². The molecule has 2 unspecified atom stereocenters. The molecule has 0 aromatic carbocycles. The Kier molecular flexibility index (Phi) is 3.85. The first-order valence-electron chi connectivity index (χ1n) is 4.28. The molecule has 2 atom stereocenters. The molecule has 0 aliphatic carbocycles. The van der Waals surface area contributed by atoms with Gasteiger partial charge in [-0.05, 0) is 6.42 Å². The zero-order valence-electron chi connectivity index (χ0n) is 7.05. The molecule has 11 heavy (non-hydrogen) atoms. The van der Waals surface area contributed by atoms with Gasteiger partial charge in [-0.3, -0.25) is 0 Å². The second kappa shape index (κ2) is 4.71. The van der Waals surface area contributed by atoms with Crippen LogP contribution in [0.3, 0.4) is 0 Å². The zero-order valence-corrected chi connectivity index (χ0v) is 8.20. The molecule has 0 spiro atoms. The van der Waals surface area contributed by atoms with Gasteiger partial charge in [-0.2, -0.15) is 0 Å². The molecule has 3 heteroatoms. The number of aliphatic imine (C=N–C) groups is 1. The van der Waals surface area contributed by atoms with E-state index in [2.05, 4.69) is 21.2 Å². The predicted molar refractivity (Wildman–Crippen MR) is 51.0 cm³/mol. The van der Waals surface area contributed by atoms with Gasteiger partial charge in [-0.25, -0.2) is 4.99 Å². The van der Waals surface area contributed by atoms with Crippen molar-refractivity contribution in [2.75, 3.05) is 6.61 Å². The predicted octanol–water partition coefficient (Wildman–Crippen LogP) is 2.20. The van der Waals surface area contributed by atoms with E-state index in [1.54, 1.807) is 0 Å². The Hall–Kier alpha value is -0.100. The molecular weight excluding hydrogens is 157 g/mol. The monoisotopic (exact) mass is 173 g/mol. The average Bonchev–Trinajstić information content (AvgIpc) is 2.37. The Morgan fingerprint density at radius 3 is 3.00 bits per heavy atom. The van der Waals surface area contributed by atoms with Crippen LogP contribution in [0.15, 0.2) is 4.99 Å². The maximum absolute atomic E-state index is 5.34. The summed E-state index contributed by atoms with van der Waals surface area (Å²) in [4.78, 5) is 4.32. The fraction of sp³-hybridized carbons (Fsp3) is 0.875. The highest BCUT2D eigenvalue weighted by Crippen LogP contribution is 2.14. The molecule has 1 heterocycles. The maximum Gasteiger partial charge on any atom is 0.184 e. The molecule has 1 rings (SSSR count). The molecule has 0 aromatic rings. The van der Waals surface area contributed by atoms with Gasteiger partial charge in [0.2, 0.25) is 0 Å². The number of unbranched alkanes of at least 4 members (excludes halogenated alkanes) is 2. The van der Waals surface area contributed by atoms with Crippen LogP contribution in [0.5, 0.6) is 0 Å². The molecule has 0 aromatic heterocycles. The second-order valence-electron chi connectivity index (χ2n) is 2.86. The summed E-state index contributed by atoms with van der Waals surface area (Å²) in [6.45, 7) is 2.96. The van der Waals surface area contributed by atoms with Crippen LogP contribution in [-0.2, 0) is 4.74 Å². The lowest BCUT2D eigenvalue weighted by atomic mass is 10.2. The minimum atomic E-state index is 0.312. The van der Waals surface area contributed by atoms with Crippen molar-refractivity contribution in [3.05, 3.63) is 0 Å². The molecule has 64 valence electrons. The maximum atomic E-state index is 5.34. The first-order chi connectivity index (χ1) is 5.33. The summed E-state index contributed by atoms with van der Waals surface area (Å²) in [5, 5.41) is 0. The van der Waals surface area contributed by atoms with Crippen LogP contribution in [0, 0.1) is 0 Å². The topological polar surface area (TPSA) is 21.6 Å². The molecule has 0 fully saturated rings. The summed E-state index contributed by atoms with van der Waals surface area (Å²) >= 11 is 0. The van der Waals surface area contributed by atoms with Gasteiger partial charge < -0.3 is 4.74 Å². The van der Waals surface area contributed by atoms with E-state index in [4.69, 9.17) is 4.74 Å². The molecule has 1 aliphatic rings. The summed E-state index contributed by atoms with van der Waals surface area (Å²) in [6.07, 6.45) is 4.78. The summed E-state index contributed by atoms with van der Waals surface area (Å²) in [5.74, 6) is 1.27. The van der Waals surface area contributed by atoms with E-state index in [0.717, 1.165) is 18.9 Å². The molecule has 1 aliphatic heterocycles. The highest BCUT2D eigenvalue weighted by Gasteiger charge is 2.12. The van der Waals surface area contributed by atoms with Crippen molar-refractivity contribution in [1.29, 1.82) is 0 Å². The minimum Gasteiger partial charge on any atom is -0.478 e. The van der Waals surface area contributed by atoms with Crippen molar-refractivity contribution in [3.63, 3.8) is 0 Å². The Balaban J connectivity index is 2.12. The van der Waals surface area contributed by atoms with E-state index >= 15 is 0 Å². The second-order valence-corrected chi connectivity index (χ2v) is 3.63. The Morgan fingerprint density at radius 1 is 1.64 bits per heavy atom. The molecular formula is C8H16NOP. The van der Waals surface area contributed by atoms with E-state index in [1.165, 1.54) is 19.3 Å². The third-order valence-electron chi connectivity index (χ3n) is 1.72. The molecule has 0 radical (unpaired) electrons. The van der Waals surface area contributed by atoms with Crippen molar-refractivity contribution in [2.24, 2.45) is 4.99 Å². The smallest absolute Gasteiger partial charge is 0.184 e. The fourth-order valence-electron chi connectivity index (χ4n) is 1.10. The molecule has 0 amide bonds. The van der Waals surface area contributed by atoms with E-state index in [1.807, 2.05) is 0 Å². The molecule has 0 saturated carbocycles. The Morgan fingerprint density at radius 2 is 2.45 bits per heavy atom. The van der Waals surface area contributed by atoms with E-state index in [-0.39, 0.29) is 0 Å². The van der Waals surface area contributed by atoms with Gasteiger partial charge in [0, 0.05) is 6.42 Å². The van der Waals surface area contributed by atoms with Gasteiger partial charge in [0.25, 0.3) is 0 Å². The lowest BCUT2D eigenvalue weighted by Crippen LogP contribution is -1.98. The largest absolute Gasteiger partial charge is 0.478 e. The van der Waals surface area contributed by atoms with Crippen molar-refractivity contribution in [3.8, 4) is 0 Å². The molecule has 0 bridgehead atoms. The minimum absolute atomic E-state index is 0.312. The summed E-state index contributed by atoms with van der Waals surface area (Å²) in [7, 11) is 2.66. The SMILES string of the molecule is CCCCCC1=NC(P)CO1. The number of hydrogen-bond acceptors (Lipinski definition) is 2. The number of rotatable bonds is 4. The molecule has 2 nitrogen and oxygen atoms in total. The highest BCUT2D eigenvalue weighted by atomic mass is 31.0. The average molecular weight is 173 g/mol. The van der Waals surface area contributed by atoms with Crippen LogP contribution in [0.1, 0.15) is 32.6 Å². The Labute approximate surface area is 70.6 Å². The van der Waals surface area contributed by atoms with Gasteiger partial charge in [-0.1, -0.05) is 19.8 Å². The quantitative estimate of drug-likeness (QED) is 0.471. The number of hydrogen-bond donors (Lipinski definition) is 0. The van der Waals surface area contributed by atoms with Gasteiger partial charge >= 0.3 is 0 Å². The lowest BCUT2D eigenvalue weighted by molar-refractivity contribution is 0.330. The third-order valence-corrected chi connectivity index (χ3v) is 2.07. The van der Waals surface area contributed by atoms with Crippen LogP contribution >= 0.6 is 9.24 Å². The van der Waals surface area contributed by atoms with Crippen molar-refractivity contribution in [1.82, 2.24) is 0 Å². The van der Waals surface area contributed by atoms with E-state index in [9.17, 15) is 0 Å². The van der Waals surface area contributed by atoms with Crippen molar-refractivity contribution >= 4 is 15.1 Å². The summed E-state index contributed by atoms with van der Waals surface area (Å²) in [5.41, 5.74) is 0. The van der Waals surface area contributed by atoms with Crippen LogP contribution in [0.4, 0.5) is 0 Å². The van der Waals surface area contributed by atoms with Crippen LogP contribution in [0.2, 0.25) is 0 Å². The van der Waals surface area contributed by atoms with Gasteiger partial charge in [-0.15, -0.1) is 9.24 Å². The first-order valence-corrected chi connectivity index (χ1v) is 4.94. The van der Waals surface area contributed by atoms with Crippen LogP contribution < -0.4 is 0 Å². The normalized spacial score (nSPS) is 23.1. The number of nitrogens with zero attached hydrogens (tertiary/aromatic N) is 1. The zero-order chi connectivity index (χ0) is 8.10. The molecule has 0 N–H and O–H groups in total. The fourth-order valence-corrected chi connectivity index (χ4v) is 1.37. The van der Waals surface area contributed by atoms with Crippen LogP contribution in [-0.4, -0.2) is 18.3 Å². The first kappa shape index (κ1) is 8.99.